The topological polar surface area (TPSA) is 133 Å². The first-order valence-electron chi connectivity index (χ1n) is 18.9. The second-order valence-corrected chi connectivity index (χ2v) is 16.8. The van der Waals surface area contributed by atoms with Crippen molar-refractivity contribution in [3.05, 3.63) is 0 Å². The fraction of sp³-hybridized carbons (Fsp3) is 0.882. The van der Waals surface area contributed by atoms with Gasteiger partial charge >= 0.3 is 95.5 Å². The molecule has 0 radical (unpaired) electrons. The lowest BCUT2D eigenvalue weighted by Crippen LogP contribution is -2.70. The first-order chi connectivity index (χ1) is 32.4. The second-order valence-electron chi connectivity index (χ2n) is 14.4. The van der Waals surface area contributed by atoms with Crippen molar-refractivity contribution in [2.45, 2.75) is 135 Å². The van der Waals surface area contributed by atoms with Crippen LogP contribution in [0.25, 0.3) is 0 Å². The van der Waals surface area contributed by atoms with Crippen LogP contribution in [0.1, 0.15) is 40.5 Å². The number of carbonyl (C=O) groups is 4. The van der Waals surface area contributed by atoms with Crippen molar-refractivity contribution >= 4 is 47.4 Å². The molecule has 4 unspecified atom stereocenters. The fourth-order valence-corrected chi connectivity index (χ4v) is 7.07. The van der Waals surface area contributed by atoms with Crippen molar-refractivity contribution in [3.63, 3.8) is 0 Å². The van der Waals surface area contributed by atoms with Gasteiger partial charge in [0.25, 0.3) is 0 Å². The molecule has 0 heterocycles. The summed E-state index contributed by atoms with van der Waals surface area (Å²) in [6.45, 7) is -1.53. The molecule has 0 aromatic heterocycles. The predicted octanol–water partition coefficient (Wildman–Crippen LogP) is 10.4. The number of hydrogen-bond acceptors (Lipinski definition) is 13. The monoisotopic (exact) mass is 1180 g/mol. The number of hydrogen-bond donors (Lipinski definition) is 0. The second kappa shape index (κ2) is 25.2. The van der Waals surface area contributed by atoms with E-state index in [1.54, 1.807) is 0 Å². The Hall–Kier alpha value is -3.36. The van der Waals surface area contributed by atoms with Crippen molar-refractivity contribution in [2.75, 3.05) is 51.1 Å². The quantitative estimate of drug-likeness (QED) is 0.0208. The summed E-state index contributed by atoms with van der Waals surface area (Å²) >= 11 is -0.558. The predicted molar refractivity (Wildman–Crippen MR) is 190 cm³/mol. The van der Waals surface area contributed by atoms with Crippen molar-refractivity contribution in [3.8, 4) is 0 Å². The van der Waals surface area contributed by atoms with Crippen LogP contribution in [0.4, 0.5) is 114 Å². The molecule has 0 bridgehead atoms. The minimum atomic E-state index is -8.21. The van der Waals surface area contributed by atoms with Crippen LogP contribution in [0, 0.1) is 0 Å². The summed E-state index contributed by atoms with van der Waals surface area (Å²) in [6, 6.07) is 0. The van der Waals surface area contributed by atoms with E-state index in [1.807, 2.05) is 0 Å². The first kappa shape index (κ1) is 69.6. The van der Waals surface area contributed by atoms with Crippen LogP contribution in [0.15, 0.2) is 0 Å². The van der Waals surface area contributed by atoms with E-state index in [-0.39, 0.29) is 23.5 Å². The van der Waals surface area contributed by atoms with Gasteiger partial charge in [-0.2, -0.15) is 114 Å². The largest absolute Gasteiger partial charge is 0.460 e. The zero-order valence-electron chi connectivity index (χ0n) is 36.5. The Kier molecular flexibility index (Phi) is 24.0. The third-order valence-electron chi connectivity index (χ3n) is 8.39. The molecule has 0 N–H and O–H groups in total. The molecule has 0 aliphatic carbocycles. The number of esters is 4. The normalized spacial score (nSPS) is 16.1. The molecule has 0 fully saturated rings. The van der Waals surface area contributed by atoms with E-state index >= 15 is 0 Å². The number of ether oxygens (including phenoxy) is 7. The van der Waals surface area contributed by atoms with Crippen LogP contribution >= 0.6 is 23.5 Å². The van der Waals surface area contributed by atoms with E-state index in [2.05, 4.69) is 9.47 Å². The molecule has 0 aliphatic heterocycles. The van der Waals surface area contributed by atoms with Crippen LogP contribution in [0.3, 0.4) is 0 Å². The number of alkyl halides is 26. The Morgan fingerprint density at radius 2 is 0.575 bits per heavy atom. The van der Waals surface area contributed by atoms with Gasteiger partial charge in [-0.15, -0.1) is 23.5 Å². The van der Waals surface area contributed by atoms with Gasteiger partial charge in [-0.1, -0.05) is 0 Å². The molecule has 73 heavy (non-hydrogen) atoms. The van der Waals surface area contributed by atoms with E-state index in [1.165, 1.54) is 0 Å². The highest BCUT2D eigenvalue weighted by Gasteiger charge is 2.92. The minimum absolute atomic E-state index is 0.279. The van der Waals surface area contributed by atoms with E-state index in [0.29, 0.717) is 27.7 Å². The molecule has 0 saturated heterocycles. The van der Waals surface area contributed by atoms with E-state index < -0.39 is 183 Å². The molecule has 0 aromatic rings. The van der Waals surface area contributed by atoms with Gasteiger partial charge in [0.2, 0.25) is 0 Å². The van der Waals surface area contributed by atoms with Gasteiger partial charge in [0, 0.05) is 39.2 Å². The third-order valence-corrected chi connectivity index (χ3v) is 10.8. The molecule has 0 aromatic carbocycles. The molecule has 39 heteroatoms. The Morgan fingerprint density at radius 3 is 0.808 bits per heavy atom. The minimum Gasteiger partial charge on any atom is -0.459 e. The summed E-state index contributed by atoms with van der Waals surface area (Å²) in [5, 5.41) is 0. The molecule has 0 amide bonds. The highest BCUT2D eigenvalue weighted by atomic mass is 32.2. The van der Waals surface area contributed by atoms with Gasteiger partial charge in [-0.3, -0.25) is 19.2 Å². The maximum absolute atomic E-state index is 14.5. The van der Waals surface area contributed by atoms with Gasteiger partial charge < -0.3 is 33.2 Å². The highest BCUT2D eigenvalue weighted by molar-refractivity contribution is 8.00. The van der Waals surface area contributed by atoms with Gasteiger partial charge in [0.05, 0.1) is 52.5 Å². The maximum atomic E-state index is 14.5. The molecule has 0 spiro atoms. The van der Waals surface area contributed by atoms with Crippen molar-refractivity contribution in [1.29, 1.82) is 0 Å². The molecule has 4 atom stereocenters. The molecule has 0 aliphatic rings. The fourth-order valence-electron chi connectivity index (χ4n) is 4.82. The molecule has 0 saturated carbocycles. The van der Waals surface area contributed by atoms with Crippen LogP contribution < -0.4 is 0 Å². The van der Waals surface area contributed by atoms with Crippen molar-refractivity contribution < 1.29 is 166 Å². The zero-order valence-corrected chi connectivity index (χ0v) is 38.1. The van der Waals surface area contributed by atoms with E-state index in [4.69, 9.17) is 23.7 Å². The summed E-state index contributed by atoms with van der Waals surface area (Å²) in [5.74, 6) is -85.2. The van der Waals surface area contributed by atoms with Gasteiger partial charge in [-0.05, 0) is 0 Å². The maximum Gasteiger partial charge on any atom is 0.460 e. The number of thioether (sulfide) groups is 2. The lowest BCUT2D eigenvalue weighted by atomic mass is 9.93. The summed E-state index contributed by atoms with van der Waals surface area (Å²) in [7, 11) is 0. The van der Waals surface area contributed by atoms with Crippen molar-refractivity contribution in [1.82, 2.24) is 0 Å². The van der Waals surface area contributed by atoms with E-state index in [0.717, 1.165) is 0 Å². The molecular formula is C34H36F26O11S2. The van der Waals surface area contributed by atoms with Crippen LogP contribution in [-0.2, 0) is 52.3 Å². The first-order valence-corrected chi connectivity index (χ1v) is 21.0. The number of carbonyl (C=O) groups excluding carboxylic acids is 4. The zero-order chi connectivity index (χ0) is 58.1. The Bertz CT molecular complexity index is 1690. The molecule has 432 valence electrons. The van der Waals surface area contributed by atoms with E-state index in [9.17, 15) is 133 Å². The summed E-state index contributed by atoms with van der Waals surface area (Å²) in [6.07, 6.45) is -24.7. The number of halogens is 26. The number of rotatable bonds is 32. The van der Waals surface area contributed by atoms with Crippen LogP contribution in [-0.4, -0.2) is 170 Å². The Morgan fingerprint density at radius 1 is 0.342 bits per heavy atom. The highest BCUT2D eigenvalue weighted by Crippen LogP contribution is 2.63. The third kappa shape index (κ3) is 16.8. The van der Waals surface area contributed by atoms with Crippen LogP contribution in [0.5, 0.6) is 0 Å². The standard InChI is InChI=1S/C34H36F26O11S2/c1-15(61)68-19(13-72-21(70-17(3)63)9-23(35,36)25(39,40)27(43,44)29(47,48)31(51,52)33(55,56)57)11-66-7-5-65-6-8-67-12-20(69-16(2)62)14-73-22(71-18(4)64)10-24(37,38)26(41,42)28(45,46)30(49,50)32(53,54)34(58,59)60/h19-22H,5-14H2,1-4H3. The molecule has 11 nitrogen and oxygen atoms in total. The summed E-state index contributed by atoms with van der Waals surface area (Å²) < 4.78 is 386. The Labute approximate surface area is 400 Å². The van der Waals surface area contributed by atoms with Crippen LogP contribution in [0.2, 0.25) is 0 Å². The van der Waals surface area contributed by atoms with Gasteiger partial charge in [-0.25, -0.2) is 0 Å². The average molecular weight is 1180 g/mol. The summed E-state index contributed by atoms with van der Waals surface area (Å²) in [5.41, 5.74) is -5.68. The lowest BCUT2D eigenvalue weighted by molar-refractivity contribution is -0.440. The smallest absolute Gasteiger partial charge is 0.459 e. The molecule has 0 rings (SSSR count). The van der Waals surface area contributed by atoms with Gasteiger partial charge in [0.15, 0.2) is 10.9 Å². The SMILES string of the molecule is CC(=O)OC(COCCOCCOCC(CSC(CC(F)(F)C(F)(F)C(F)(F)C(F)(F)C(F)(F)C(F)(F)F)OC(C)=O)OC(C)=O)CSC(CC(F)(F)C(F)(F)C(F)(F)C(F)(F)C(F)(F)C(F)(F)F)OC(C)=O. The lowest BCUT2D eigenvalue weighted by Gasteiger charge is -2.40. The molecular weight excluding hydrogens is 1140 g/mol. The van der Waals surface area contributed by atoms with Crippen molar-refractivity contribution in [2.24, 2.45) is 0 Å². The van der Waals surface area contributed by atoms with Gasteiger partial charge in [0.1, 0.15) is 12.2 Å². The Balaban J connectivity index is 5.64. The average Bonchev–Trinajstić information content (AvgIpc) is 3.18. The summed E-state index contributed by atoms with van der Waals surface area (Å²) in [4.78, 5) is 45.9.